The molecule has 20 heavy (non-hydrogen) atoms. The summed E-state index contributed by atoms with van der Waals surface area (Å²) in [6.07, 6.45) is 9.42. The molecule has 1 aliphatic carbocycles. The number of carbonyl (C=O) groups is 1. The maximum absolute atomic E-state index is 12.4. The Morgan fingerprint density at radius 2 is 2.25 bits per heavy atom. The first-order valence-electron chi connectivity index (χ1n) is 6.70. The molecule has 1 aliphatic rings. The van der Waals surface area contributed by atoms with Crippen LogP contribution in [0.3, 0.4) is 0 Å². The van der Waals surface area contributed by atoms with E-state index in [1.165, 1.54) is 11.3 Å². The minimum Gasteiger partial charge on any atom is -0.489 e. The van der Waals surface area contributed by atoms with Crippen LogP contribution < -0.4 is 10.1 Å². The van der Waals surface area contributed by atoms with Crippen LogP contribution in [-0.4, -0.2) is 31.8 Å². The van der Waals surface area contributed by atoms with Crippen LogP contribution in [0.1, 0.15) is 35.4 Å². The predicted molar refractivity (Wildman–Crippen MR) is 79.2 cm³/mol. The van der Waals surface area contributed by atoms with E-state index in [0.717, 1.165) is 25.7 Å². The van der Waals surface area contributed by atoms with E-state index < -0.39 is 5.54 Å². The lowest BCUT2D eigenvalue weighted by Gasteiger charge is -2.24. The fraction of sp³-hybridized carbons (Fsp3) is 0.533. The van der Waals surface area contributed by atoms with Gasteiger partial charge in [0.1, 0.15) is 22.8 Å². The molecule has 1 fully saturated rings. The lowest BCUT2D eigenvalue weighted by atomic mass is 9.99. The minimum atomic E-state index is -0.481. The van der Waals surface area contributed by atoms with Crippen molar-refractivity contribution in [2.24, 2.45) is 0 Å². The fourth-order valence-electron chi connectivity index (χ4n) is 2.37. The molecule has 5 heteroatoms. The van der Waals surface area contributed by atoms with Gasteiger partial charge < -0.3 is 14.8 Å². The van der Waals surface area contributed by atoms with Crippen LogP contribution in [0, 0.1) is 12.3 Å². The molecule has 1 amide bonds. The molecule has 108 valence electrons. The average Bonchev–Trinajstić information content (AvgIpc) is 3.08. The Labute approximate surface area is 123 Å². The van der Waals surface area contributed by atoms with E-state index in [0.29, 0.717) is 23.8 Å². The largest absolute Gasteiger partial charge is 0.489 e. The molecule has 1 heterocycles. The van der Waals surface area contributed by atoms with Crippen molar-refractivity contribution in [2.75, 3.05) is 20.3 Å². The van der Waals surface area contributed by atoms with Gasteiger partial charge in [-0.2, -0.15) is 0 Å². The average molecular weight is 293 g/mol. The molecule has 2 rings (SSSR count). The highest BCUT2D eigenvalue weighted by Gasteiger charge is 2.34. The van der Waals surface area contributed by atoms with Crippen molar-refractivity contribution in [3.05, 3.63) is 16.3 Å². The molecule has 0 saturated heterocycles. The Hall–Kier alpha value is -1.51. The number of carbonyl (C=O) groups excluding carboxylic acids is 1. The summed E-state index contributed by atoms with van der Waals surface area (Å²) in [6, 6.07) is 1.80. The highest BCUT2D eigenvalue weighted by Crippen LogP contribution is 2.31. The molecule has 0 radical (unpaired) electrons. The van der Waals surface area contributed by atoms with Crippen molar-refractivity contribution >= 4 is 17.2 Å². The standard InChI is InChI=1S/C15H19NO3S/c1-3-15(7-4-5-8-15)16-14(17)13-12(6-11-20-13)19-10-9-18-2/h1,6,11H,4-5,7-10H2,2H3,(H,16,17). The second-order valence-corrected chi connectivity index (χ2v) is 5.76. The maximum Gasteiger partial charge on any atom is 0.266 e. The number of rotatable bonds is 6. The van der Waals surface area contributed by atoms with Gasteiger partial charge in [-0.3, -0.25) is 4.79 Å². The molecule has 1 aromatic rings. The second-order valence-electron chi connectivity index (χ2n) is 4.84. The van der Waals surface area contributed by atoms with Crippen molar-refractivity contribution in [3.63, 3.8) is 0 Å². The number of nitrogens with one attached hydrogen (secondary N) is 1. The molecule has 1 N–H and O–H groups in total. The van der Waals surface area contributed by atoms with Crippen LogP contribution in [0.25, 0.3) is 0 Å². The van der Waals surface area contributed by atoms with Crippen LogP contribution in [0.4, 0.5) is 0 Å². The zero-order chi connectivity index (χ0) is 14.4. The molecule has 0 aliphatic heterocycles. The van der Waals surface area contributed by atoms with Crippen molar-refractivity contribution in [1.29, 1.82) is 0 Å². The highest BCUT2D eigenvalue weighted by molar-refractivity contribution is 7.12. The number of hydrogen-bond acceptors (Lipinski definition) is 4. The van der Waals surface area contributed by atoms with E-state index in [-0.39, 0.29) is 5.91 Å². The molecule has 0 bridgehead atoms. The number of thiophene rings is 1. The van der Waals surface area contributed by atoms with Crippen molar-refractivity contribution in [3.8, 4) is 18.1 Å². The normalized spacial score (nSPS) is 16.6. The van der Waals surface area contributed by atoms with Gasteiger partial charge in [0.25, 0.3) is 5.91 Å². The number of terminal acetylenes is 1. The lowest BCUT2D eigenvalue weighted by Crippen LogP contribution is -2.44. The zero-order valence-corrected chi connectivity index (χ0v) is 12.4. The lowest BCUT2D eigenvalue weighted by molar-refractivity contribution is 0.0919. The number of methoxy groups -OCH3 is 1. The second kappa shape index (κ2) is 6.78. The summed E-state index contributed by atoms with van der Waals surface area (Å²) in [5, 5.41) is 4.84. The zero-order valence-electron chi connectivity index (χ0n) is 11.6. The Morgan fingerprint density at radius 3 is 2.90 bits per heavy atom. The van der Waals surface area contributed by atoms with Gasteiger partial charge >= 0.3 is 0 Å². The van der Waals surface area contributed by atoms with E-state index in [9.17, 15) is 4.79 Å². The topological polar surface area (TPSA) is 47.6 Å². The van der Waals surface area contributed by atoms with Gasteiger partial charge in [0.05, 0.1) is 6.61 Å². The Balaban J connectivity index is 2.02. The van der Waals surface area contributed by atoms with Gasteiger partial charge in [0.15, 0.2) is 0 Å². The molecule has 4 nitrogen and oxygen atoms in total. The van der Waals surface area contributed by atoms with Gasteiger partial charge in [-0.1, -0.05) is 5.92 Å². The van der Waals surface area contributed by atoms with Crippen LogP contribution in [0.5, 0.6) is 5.75 Å². The van der Waals surface area contributed by atoms with Crippen LogP contribution in [-0.2, 0) is 4.74 Å². The van der Waals surface area contributed by atoms with Crippen LogP contribution in [0.2, 0.25) is 0 Å². The van der Waals surface area contributed by atoms with E-state index in [2.05, 4.69) is 11.2 Å². The van der Waals surface area contributed by atoms with Gasteiger partial charge in [-0.05, 0) is 37.1 Å². The molecular formula is C15H19NO3S. The summed E-state index contributed by atoms with van der Waals surface area (Å²) < 4.78 is 10.5. The maximum atomic E-state index is 12.4. The van der Waals surface area contributed by atoms with Crippen molar-refractivity contribution in [2.45, 2.75) is 31.2 Å². The Bertz CT molecular complexity index is 497. The molecular weight excluding hydrogens is 274 g/mol. The van der Waals surface area contributed by atoms with E-state index in [4.69, 9.17) is 15.9 Å². The van der Waals surface area contributed by atoms with Gasteiger partial charge in [0.2, 0.25) is 0 Å². The summed E-state index contributed by atoms with van der Waals surface area (Å²) in [6.45, 7) is 0.916. The molecule has 0 atom stereocenters. The monoisotopic (exact) mass is 293 g/mol. The first-order valence-corrected chi connectivity index (χ1v) is 7.58. The summed E-state index contributed by atoms with van der Waals surface area (Å²) in [5.74, 6) is 3.20. The third-order valence-electron chi connectivity index (χ3n) is 3.47. The van der Waals surface area contributed by atoms with Crippen molar-refractivity contribution in [1.82, 2.24) is 5.32 Å². The molecule has 0 unspecified atom stereocenters. The molecule has 1 saturated carbocycles. The summed E-state index contributed by atoms with van der Waals surface area (Å²) in [5.41, 5.74) is -0.481. The minimum absolute atomic E-state index is 0.146. The predicted octanol–water partition coefficient (Wildman–Crippen LogP) is 2.45. The smallest absolute Gasteiger partial charge is 0.266 e. The third kappa shape index (κ3) is 3.33. The summed E-state index contributed by atoms with van der Waals surface area (Å²) in [4.78, 5) is 12.9. The Kier molecular flexibility index (Phi) is 5.05. The summed E-state index contributed by atoms with van der Waals surface area (Å²) >= 11 is 1.36. The van der Waals surface area contributed by atoms with Crippen LogP contribution >= 0.6 is 11.3 Å². The van der Waals surface area contributed by atoms with Gasteiger partial charge in [0, 0.05) is 7.11 Å². The van der Waals surface area contributed by atoms with Crippen LogP contribution in [0.15, 0.2) is 11.4 Å². The quantitative estimate of drug-likeness (QED) is 0.647. The molecule has 0 aromatic carbocycles. The number of hydrogen-bond donors (Lipinski definition) is 1. The summed E-state index contributed by atoms with van der Waals surface area (Å²) in [7, 11) is 1.61. The highest BCUT2D eigenvalue weighted by atomic mass is 32.1. The SMILES string of the molecule is C#CC1(NC(=O)c2sccc2OCCOC)CCCC1. The van der Waals surface area contributed by atoms with E-state index in [1.54, 1.807) is 13.2 Å². The first kappa shape index (κ1) is 14.9. The fourth-order valence-corrected chi connectivity index (χ4v) is 3.10. The molecule has 1 aromatic heterocycles. The molecule has 0 spiro atoms. The first-order chi connectivity index (χ1) is 9.71. The van der Waals surface area contributed by atoms with Gasteiger partial charge in [-0.25, -0.2) is 0 Å². The number of amides is 1. The third-order valence-corrected chi connectivity index (χ3v) is 4.36. The number of ether oxygens (including phenoxy) is 2. The van der Waals surface area contributed by atoms with Gasteiger partial charge in [-0.15, -0.1) is 17.8 Å². The van der Waals surface area contributed by atoms with E-state index in [1.807, 2.05) is 5.38 Å². The van der Waals surface area contributed by atoms with Crippen molar-refractivity contribution < 1.29 is 14.3 Å². The Morgan fingerprint density at radius 1 is 1.50 bits per heavy atom. The van der Waals surface area contributed by atoms with E-state index >= 15 is 0 Å².